The predicted molar refractivity (Wildman–Crippen MR) is 124 cm³/mol. The number of hydrogen-bond donors (Lipinski definition) is 1. The summed E-state index contributed by atoms with van der Waals surface area (Å²) in [6.45, 7) is 2.53. The van der Waals surface area contributed by atoms with E-state index in [2.05, 4.69) is 15.4 Å². The minimum atomic E-state index is -0.256. The SMILES string of the molecule is COc1cc(-c2cc(NSC)c3nc(C)n(Cc4ccc(F)cc4)c3c2)cn(C)c1=O. The molecule has 31 heavy (non-hydrogen) atoms. The van der Waals surface area contributed by atoms with E-state index in [9.17, 15) is 9.18 Å². The van der Waals surface area contributed by atoms with Crippen LogP contribution >= 0.6 is 11.9 Å². The Morgan fingerprint density at radius 2 is 1.90 bits per heavy atom. The van der Waals surface area contributed by atoms with Gasteiger partial charge in [0.2, 0.25) is 0 Å². The molecule has 0 saturated heterocycles. The van der Waals surface area contributed by atoms with Gasteiger partial charge >= 0.3 is 0 Å². The van der Waals surface area contributed by atoms with E-state index in [0.717, 1.165) is 39.2 Å². The number of ether oxygens (including phenoxy) is 1. The molecule has 0 aliphatic carbocycles. The van der Waals surface area contributed by atoms with Crippen LogP contribution in [0.5, 0.6) is 5.75 Å². The molecule has 160 valence electrons. The zero-order valence-corrected chi connectivity index (χ0v) is 18.6. The van der Waals surface area contributed by atoms with Crippen molar-refractivity contribution in [3.05, 3.63) is 76.2 Å². The first-order valence-corrected chi connectivity index (χ1v) is 10.9. The highest BCUT2D eigenvalue weighted by molar-refractivity contribution is 7.99. The Balaban J connectivity index is 1.91. The minimum absolute atomic E-state index is 0.188. The fourth-order valence-electron chi connectivity index (χ4n) is 3.65. The standard InChI is InChI=1S/C23H23FN4O2S/c1-14-25-22-19(26-31-4)9-16(17-11-21(30-3)23(29)27(2)13-17)10-20(22)28(14)12-15-5-7-18(24)8-6-15/h5-11,13,26H,12H2,1-4H3. The number of rotatable bonds is 6. The first-order valence-electron chi connectivity index (χ1n) is 9.70. The van der Waals surface area contributed by atoms with Gasteiger partial charge in [-0.05, 0) is 48.4 Å². The van der Waals surface area contributed by atoms with Crippen molar-refractivity contribution in [2.45, 2.75) is 13.5 Å². The van der Waals surface area contributed by atoms with E-state index in [0.29, 0.717) is 6.54 Å². The zero-order chi connectivity index (χ0) is 22.1. The van der Waals surface area contributed by atoms with Gasteiger partial charge in [-0.3, -0.25) is 4.79 Å². The normalized spacial score (nSPS) is 11.1. The third-order valence-corrected chi connectivity index (χ3v) is 5.64. The number of methoxy groups -OCH3 is 1. The van der Waals surface area contributed by atoms with Crippen LogP contribution < -0.4 is 15.0 Å². The Hall–Kier alpha value is -3.26. The molecule has 0 unspecified atom stereocenters. The summed E-state index contributed by atoms with van der Waals surface area (Å²) in [5, 5.41) is 0. The van der Waals surface area contributed by atoms with E-state index in [1.165, 1.54) is 35.8 Å². The Bertz CT molecular complexity index is 1310. The fourth-order valence-corrected chi connectivity index (χ4v) is 4.03. The molecule has 0 saturated carbocycles. The number of imidazole rings is 1. The van der Waals surface area contributed by atoms with Crippen molar-refractivity contribution in [3.63, 3.8) is 0 Å². The van der Waals surface area contributed by atoms with Crippen LogP contribution in [0.25, 0.3) is 22.2 Å². The third-order valence-electron chi connectivity index (χ3n) is 5.21. The smallest absolute Gasteiger partial charge is 0.292 e. The van der Waals surface area contributed by atoms with Crippen LogP contribution in [0.3, 0.4) is 0 Å². The van der Waals surface area contributed by atoms with Crippen LogP contribution in [0.15, 0.2) is 53.5 Å². The second-order valence-corrected chi connectivity index (χ2v) is 7.89. The number of aromatic nitrogens is 3. The third kappa shape index (κ3) is 4.03. The number of benzene rings is 2. The molecule has 0 bridgehead atoms. The number of halogens is 1. The number of nitrogens with zero attached hydrogens (tertiary/aromatic N) is 3. The molecule has 1 N–H and O–H groups in total. The number of fused-ring (bicyclic) bond motifs is 1. The zero-order valence-electron chi connectivity index (χ0n) is 17.8. The molecule has 0 aliphatic heterocycles. The van der Waals surface area contributed by atoms with Crippen LogP contribution in [0.1, 0.15) is 11.4 Å². The number of hydrogen-bond acceptors (Lipinski definition) is 5. The second-order valence-electron chi connectivity index (χ2n) is 7.28. The topological polar surface area (TPSA) is 61.1 Å². The summed E-state index contributed by atoms with van der Waals surface area (Å²) in [4.78, 5) is 17.0. The molecule has 0 atom stereocenters. The highest BCUT2D eigenvalue weighted by atomic mass is 32.2. The number of anilines is 1. The lowest BCUT2D eigenvalue weighted by Crippen LogP contribution is -2.17. The lowest BCUT2D eigenvalue weighted by Gasteiger charge is -2.12. The lowest BCUT2D eigenvalue weighted by atomic mass is 10.1. The summed E-state index contributed by atoms with van der Waals surface area (Å²) >= 11 is 1.49. The molecule has 2 aromatic heterocycles. The molecule has 2 aromatic carbocycles. The Kier molecular flexibility index (Phi) is 5.73. The summed E-state index contributed by atoms with van der Waals surface area (Å²) in [5.74, 6) is 0.891. The summed E-state index contributed by atoms with van der Waals surface area (Å²) < 4.78 is 25.5. The van der Waals surface area contributed by atoms with Crippen LogP contribution in [0, 0.1) is 12.7 Å². The monoisotopic (exact) mass is 438 g/mol. The molecule has 0 radical (unpaired) electrons. The van der Waals surface area contributed by atoms with Gasteiger partial charge < -0.3 is 18.6 Å². The Morgan fingerprint density at radius 1 is 1.16 bits per heavy atom. The average molecular weight is 439 g/mol. The van der Waals surface area contributed by atoms with Gasteiger partial charge in [-0.25, -0.2) is 9.37 Å². The fraction of sp³-hybridized carbons (Fsp3) is 0.217. The first-order chi connectivity index (χ1) is 14.9. The molecule has 4 aromatic rings. The van der Waals surface area contributed by atoms with Gasteiger partial charge in [0.15, 0.2) is 5.75 Å². The molecule has 0 aliphatic rings. The van der Waals surface area contributed by atoms with Gasteiger partial charge in [-0.2, -0.15) is 0 Å². The van der Waals surface area contributed by atoms with Gasteiger partial charge in [0.05, 0.1) is 18.3 Å². The van der Waals surface area contributed by atoms with Crippen LogP contribution in [-0.4, -0.2) is 27.5 Å². The molecule has 4 rings (SSSR count). The Morgan fingerprint density at radius 3 is 2.58 bits per heavy atom. The van der Waals surface area contributed by atoms with Gasteiger partial charge in [-0.15, -0.1) is 0 Å². The van der Waals surface area contributed by atoms with Gasteiger partial charge in [-0.1, -0.05) is 24.1 Å². The van der Waals surface area contributed by atoms with E-state index in [1.807, 2.05) is 19.2 Å². The van der Waals surface area contributed by atoms with Crippen molar-refractivity contribution in [2.75, 3.05) is 18.1 Å². The van der Waals surface area contributed by atoms with E-state index in [1.54, 1.807) is 31.4 Å². The summed E-state index contributed by atoms with van der Waals surface area (Å²) in [7, 11) is 3.20. The maximum atomic E-state index is 13.3. The van der Waals surface area contributed by atoms with Crippen molar-refractivity contribution in [3.8, 4) is 16.9 Å². The van der Waals surface area contributed by atoms with Crippen LogP contribution in [-0.2, 0) is 13.6 Å². The molecular weight excluding hydrogens is 415 g/mol. The van der Waals surface area contributed by atoms with E-state index in [4.69, 9.17) is 9.72 Å². The van der Waals surface area contributed by atoms with Crippen molar-refractivity contribution in [1.29, 1.82) is 0 Å². The van der Waals surface area contributed by atoms with Gasteiger partial charge in [0, 0.05) is 31.6 Å². The highest BCUT2D eigenvalue weighted by Crippen LogP contribution is 2.33. The molecule has 2 heterocycles. The van der Waals surface area contributed by atoms with E-state index in [-0.39, 0.29) is 17.1 Å². The van der Waals surface area contributed by atoms with Gasteiger partial charge in [0.1, 0.15) is 17.2 Å². The largest absolute Gasteiger partial charge is 0.491 e. The summed E-state index contributed by atoms with van der Waals surface area (Å²) in [5.41, 5.74) is 5.27. The van der Waals surface area contributed by atoms with Crippen LogP contribution in [0.4, 0.5) is 10.1 Å². The minimum Gasteiger partial charge on any atom is -0.491 e. The maximum Gasteiger partial charge on any atom is 0.292 e. The highest BCUT2D eigenvalue weighted by Gasteiger charge is 2.16. The molecule has 6 nitrogen and oxygen atoms in total. The first kappa shape index (κ1) is 21.0. The number of aryl methyl sites for hydroxylation is 2. The summed E-state index contributed by atoms with van der Waals surface area (Å²) in [6.07, 6.45) is 3.75. The molecule has 8 heteroatoms. The molecule has 0 spiro atoms. The van der Waals surface area contributed by atoms with Crippen molar-refractivity contribution < 1.29 is 9.13 Å². The van der Waals surface area contributed by atoms with Crippen molar-refractivity contribution in [2.24, 2.45) is 7.05 Å². The lowest BCUT2D eigenvalue weighted by molar-refractivity contribution is 0.405. The molecule has 0 amide bonds. The van der Waals surface area contributed by atoms with Crippen molar-refractivity contribution >= 4 is 28.7 Å². The quantitative estimate of drug-likeness (QED) is 0.446. The second kappa shape index (κ2) is 8.47. The van der Waals surface area contributed by atoms with Crippen molar-refractivity contribution in [1.82, 2.24) is 14.1 Å². The predicted octanol–water partition coefficient (Wildman–Crippen LogP) is 4.60. The Labute approximate surface area is 183 Å². The molecular formula is C23H23FN4O2S. The van der Waals surface area contributed by atoms with Gasteiger partial charge in [0.25, 0.3) is 5.56 Å². The van der Waals surface area contributed by atoms with E-state index >= 15 is 0 Å². The molecule has 0 fully saturated rings. The average Bonchev–Trinajstić information content (AvgIpc) is 3.07. The number of pyridine rings is 1. The van der Waals surface area contributed by atoms with Crippen LogP contribution in [0.2, 0.25) is 0 Å². The maximum absolute atomic E-state index is 13.3. The number of nitrogens with one attached hydrogen (secondary N) is 1. The summed E-state index contributed by atoms with van der Waals surface area (Å²) in [6, 6.07) is 12.3. The van der Waals surface area contributed by atoms with E-state index < -0.39 is 0 Å².